The van der Waals surface area contributed by atoms with Gasteiger partial charge >= 0.3 is 0 Å². The molecule has 0 aliphatic heterocycles. The molecule has 0 saturated heterocycles. The zero-order valence-corrected chi connectivity index (χ0v) is 7.74. The number of unbranched alkanes of at least 4 members (excludes halogenated alkanes) is 1. The van der Waals surface area contributed by atoms with Crippen LogP contribution in [0.5, 0.6) is 0 Å². The Morgan fingerprint density at radius 1 is 1.42 bits per heavy atom. The summed E-state index contributed by atoms with van der Waals surface area (Å²) in [6.07, 6.45) is 11.9. The number of hydrogen-bond acceptors (Lipinski definition) is 1. The molecule has 0 aromatic heterocycles. The Morgan fingerprint density at radius 2 is 2.17 bits per heavy atom. The van der Waals surface area contributed by atoms with Crippen molar-refractivity contribution >= 4 is 0 Å². The average molecular weight is 166 g/mol. The fourth-order valence-corrected chi connectivity index (χ4v) is 0.871. The smallest absolute Gasteiger partial charge is 0.0724 e. The van der Waals surface area contributed by atoms with Gasteiger partial charge in [-0.3, -0.25) is 0 Å². The Hall–Kier alpha value is -0.820. The summed E-state index contributed by atoms with van der Waals surface area (Å²) in [6, 6.07) is 0. The van der Waals surface area contributed by atoms with Gasteiger partial charge in [0.25, 0.3) is 0 Å². The lowest BCUT2D eigenvalue weighted by Crippen LogP contribution is -2.00. The highest BCUT2D eigenvalue weighted by Gasteiger charge is 1.95. The molecule has 1 heteroatoms. The highest BCUT2D eigenvalue weighted by Crippen LogP contribution is 2.02. The average Bonchev–Trinajstić information content (AvgIpc) is 2.06. The fourth-order valence-electron chi connectivity index (χ4n) is 0.871. The summed E-state index contributed by atoms with van der Waals surface area (Å²) in [4.78, 5) is 0. The Labute approximate surface area is 75.1 Å². The Balaban J connectivity index is 3.44. The van der Waals surface area contributed by atoms with Crippen molar-refractivity contribution in [1.29, 1.82) is 0 Å². The van der Waals surface area contributed by atoms with Crippen LogP contribution in [0.1, 0.15) is 26.2 Å². The molecule has 0 aliphatic carbocycles. The van der Waals surface area contributed by atoms with Gasteiger partial charge < -0.3 is 5.11 Å². The summed E-state index contributed by atoms with van der Waals surface area (Å²) >= 11 is 0. The van der Waals surface area contributed by atoms with Crippen molar-refractivity contribution < 1.29 is 5.11 Å². The van der Waals surface area contributed by atoms with Crippen LogP contribution in [-0.2, 0) is 0 Å². The van der Waals surface area contributed by atoms with Gasteiger partial charge in [0.15, 0.2) is 0 Å². The van der Waals surface area contributed by atoms with Gasteiger partial charge in [-0.2, -0.15) is 0 Å². The van der Waals surface area contributed by atoms with Crippen LogP contribution in [0.4, 0.5) is 0 Å². The van der Waals surface area contributed by atoms with Crippen LogP contribution in [0.25, 0.3) is 0 Å². The number of aliphatic hydroxyl groups is 1. The molecule has 1 unspecified atom stereocenters. The van der Waals surface area contributed by atoms with Gasteiger partial charge in [0.2, 0.25) is 0 Å². The first-order chi connectivity index (χ1) is 5.81. The summed E-state index contributed by atoms with van der Waals surface area (Å²) in [6.45, 7) is 5.57. The second-order valence-corrected chi connectivity index (χ2v) is 2.70. The lowest BCUT2D eigenvalue weighted by molar-refractivity contribution is 0.210. The van der Waals surface area contributed by atoms with E-state index >= 15 is 0 Å². The van der Waals surface area contributed by atoms with E-state index in [0.29, 0.717) is 0 Å². The maximum Gasteiger partial charge on any atom is 0.0724 e. The summed E-state index contributed by atoms with van der Waals surface area (Å²) < 4.78 is 0. The van der Waals surface area contributed by atoms with Gasteiger partial charge in [0.05, 0.1) is 6.10 Å². The normalized spacial score (nSPS) is 14.2. The van der Waals surface area contributed by atoms with E-state index in [2.05, 4.69) is 6.58 Å². The number of allylic oxidation sites excluding steroid dienone is 4. The van der Waals surface area contributed by atoms with Gasteiger partial charge in [-0.1, -0.05) is 30.4 Å². The SMILES string of the molecule is C=CCCCC(O)/C=C/C=C/C. The third-order valence-electron chi connectivity index (χ3n) is 1.54. The molecule has 0 bridgehead atoms. The summed E-state index contributed by atoms with van der Waals surface area (Å²) in [5.74, 6) is 0. The van der Waals surface area contributed by atoms with Crippen molar-refractivity contribution in [2.75, 3.05) is 0 Å². The van der Waals surface area contributed by atoms with E-state index < -0.39 is 0 Å². The van der Waals surface area contributed by atoms with Crippen molar-refractivity contribution in [3.63, 3.8) is 0 Å². The zero-order valence-electron chi connectivity index (χ0n) is 7.74. The molecule has 0 aliphatic rings. The maximum absolute atomic E-state index is 9.35. The second-order valence-electron chi connectivity index (χ2n) is 2.70. The van der Waals surface area contributed by atoms with Crippen molar-refractivity contribution in [2.45, 2.75) is 32.3 Å². The molecular weight excluding hydrogens is 148 g/mol. The predicted molar refractivity (Wildman–Crippen MR) is 54.0 cm³/mol. The summed E-state index contributed by atoms with van der Waals surface area (Å²) in [5, 5.41) is 9.35. The summed E-state index contributed by atoms with van der Waals surface area (Å²) in [5.41, 5.74) is 0. The molecule has 1 atom stereocenters. The Bertz CT molecular complexity index is 156. The monoisotopic (exact) mass is 166 g/mol. The molecule has 68 valence electrons. The van der Waals surface area contributed by atoms with Crippen LogP contribution in [0, 0.1) is 0 Å². The first-order valence-electron chi connectivity index (χ1n) is 4.39. The van der Waals surface area contributed by atoms with Crippen molar-refractivity contribution in [3.8, 4) is 0 Å². The molecule has 0 saturated carbocycles. The highest BCUT2D eigenvalue weighted by atomic mass is 16.3. The largest absolute Gasteiger partial charge is 0.389 e. The Kier molecular flexibility index (Phi) is 7.71. The molecule has 0 fully saturated rings. The van der Waals surface area contributed by atoms with E-state index in [4.69, 9.17) is 0 Å². The number of rotatable bonds is 6. The quantitative estimate of drug-likeness (QED) is 0.365. The third-order valence-corrected chi connectivity index (χ3v) is 1.54. The standard InChI is InChI=1S/C11H18O/c1-3-5-7-9-11(12)10-8-6-4-2/h3-4,6,8,10-12H,1,5,7,9H2,2H3/b6-4+,10-8+. The first-order valence-corrected chi connectivity index (χ1v) is 4.39. The molecule has 1 nitrogen and oxygen atoms in total. The van der Waals surface area contributed by atoms with Gasteiger partial charge in [-0.05, 0) is 26.2 Å². The van der Waals surface area contributed by atoms with Gasteiger partial charge in [-0.15, -0.1) is 6.58 Å². The molecule has 0 amide bonds. The van der Waals surface area contributed by atoms with Crippen LogP contribution >= 0.6 is 0 Å². The van der Waals surface area contributed by atoms with Gasteiger partial charge in [0, 0.05) is 0 Å². The second kappa shape index (κ2) is 8.28. The highest BCUT2D eigenvalue weighted by molar-refractivity contribution is 5.03. The lowest BCUT2D eigenvalue weighted by Gasteiger charge is -2.01. The maximum atomic E-state index is 9.35. The molecule has 0 spiro atoms. The zero-order chi connectivity index (χ0) is 9.23. The minimum atomic E-state index is -0.304. The van der Waals surface area contributed by atoms with E-state index in [1.165, 1.54) is 0 Å². The summed E-state index contributed by atoms with van der Waals surface area (Å²) in [7, 11) is 0. The van der Waals surface area contributed by atoms with Gasteiger partial charge in [-0.25, -0.2) is 0 Å². The minimum absolute atomic E-state index is 0.304. The molecule has 0 aromatic rings. The van der Waals surface area contributed by atoms with Crippen LogP contribution in [0.2, 0.25) is 0 Å². The molecule has 0 heterocycles. The van der Waals surface area contributed by atoms with Crippen LogP contribution in [0.15, 0.2) is 37.0 Å². The molecule has 0 radical (unpaired) electrons. The van der Waals surface area contributed by atoms with Crippen LogP contribution in [0.3, 0.4) is 0 Å². The fraction of sp³-hybridized carbons (Fsp3) is 0.455. The predicted octanol–water partition coefficient (Wildman–Crippen LogP) is 2.84. The topological polar surface area (TPSA) is 20.2 Å². The van der Waals surface area contributed by atoms with E-state index in [9.17, 15) is 5.11 Å². The van der Waals surface area contributed by atoms with Crippen molar-refractivity contribution in [3.05, 3.63) is 37.0 Å². The minimum Gasteiger partial charge on any atom is -0.389 e. The van der Waals surface area contributed by atoms with Crippen molar-refractivity contribution in [2.24, 2.45) is 0 Å². The van der Waals surface area contributed by atoms with E-state index in [1.54, 1.807) is 0 Å². The lowest BCUT2D eigenvalue weighted by atomic mass is 10.1. The van der Waals surface area contributed by atoms with E-state index in [1.807, 2.05) is 37.3 Å². The Morgan fingerprint density at radius 3 is 2.75 bits per heavy atom. The molecule has 0 rings (SSSR count). The molecule has 0 aromatic carbocycles. The van der Waals surface area contributed by atoms with Gasteiger partial charge in [0.1, 0.15) is 0 Å². The number of hydrogen-bond donors (Lipinski definition) is 1. The first kappa shape index (κ1) is 11.2. The number of aliphatic hydroxyl groups excluding tert-OH is 1. The van der Waals surface area contributed by atoms with Crippen LogP contribution < -0.4 is 0 Å². The van der Waals surface area contributed by atoms with Crippen LogP contribution in [-0.4, -0.2) is 11.2 Å². The van der Waals surface area contributed by atoms with E-state index in [0.717, 1.165) is 19.3 Å². The third kappa shape index (κ3) is 7.29. The van der Waals surface area contributed by atoms with E-state index in [-0.39, 0.29) is 6.10 Å². The molecule has 12 heavy (non-hydrogen) atoms. The van der Waals surface area contributed by atoms with Crippen molar-refractivity contribution in [1.82, 2.24) is 0 Å². The molecule has 1 N–H and O–H groups in total. The molecular formula is C11H18O.